The van der Waals surface area contributed by atoms with E-state index in [9.17, 15) is 19.1 Å². The van der Waals surface area contributed by atoms with Crippen molar-refractivity contribution in [3.8, 4) is 0 Å². The minimum absolute atomic E-state index is 0.0300. The number of carboxylic acids is 1. The van der Waals surface area contributed by atoms with E-state index in [0.29, 0.717) is 22.3 Å². The number of fused-ring (bicyclic) bond motifs is 1. The second-order valence-electron chi connectivity index (χ2n) is 8.16. The fraction of sp³-hybridized carbons (Fsp3) is 0.0345. The topological polar surface area (TPSA) is 57.6 Å². The van der Waals surface area contributed by atoms with E-state index in [2.05, 4.69) is 0 Å². The van der Waals surface area contributed by atoms with Crippen LogP contribution in [0.2, 0.25) is 5.02 Å². The Morgan fingerprint density at radius 2 is 1.54 bits per heavy atom. The Labute approximate surface area is 206 Å². The van der Waals surface area contributed by atoms with Crippen molar-refractivity contribution < 1.29 is 19.1 Å². The Hall–Kier alpha value is -4.22. The number of benzene rings is 4. The third-order valence-corrected chi connectivity index (χ3v) is 6.25. The number of carbonyl (C=O) groups is 2. The molecular weight excluding hydrogens is 465 g/mol. The van der Waals surface area contributed by atoms with Crippen LogP contribution in [0.1, 0.15) is 32.6 Å². The van der Waals surface area contributed by atoms with Gasteiger partial charge < -0.3 is 10.0 Å². The lowest BCUT2D eigenvalue weighted by atomic mass is 9.90. The van der Waals surface area contributed by atoms with Gasteiger partial charge in [0, 0.05) is 11.1 Å². The van der Waals surface area contributed by atoms with E-state index in [0.717, 1.165) is 16.8 Å². The first-order valence-electron chi connectivity index (χ1n) is 10.9. The Kier molecular flexibility index (Phi) is 5.93. The van der Waals surface area contributed by atoms with Gasteiger partial charge in [0.15, 0.2) is 0 Å². The first-order chi connectivity index (χ1) is 16.9. The lowest BCUT2D eigenvalue weighted by Gasteiger charge is -2.18. The highest BCUT2D eigenvalue weighted by atomic mass is 35.5. The van der Waals surface area contributed by atoms with Crippen molar-refractivity contribution in [3.05, 3.63) is 136 Å². The molecule has 4 aromatic carbocycles. The highest BCUT2D eigenvalue weighted by Crippen LogP contribution is 2.44. The summed E-state index contributed by atoms with van der Waals surface area (Å²) in [5.74, 6) is -1.79. The van der Waals surface area contributed by atoms with Gasteiger partial charge in [-0.15, -0.1) is 0 Å². The molecule has 4 nitrogen and oxygen atoms in total. The largest absolute Gasteiger partial charge is 0.478 e. The number of amides is 1. The number of carbonyl (C=O) groups excluding carboxylic acids is 1. The molecule has 5 rings (SSSR count). The Bertz CT molecular complexity index is 1500. The van der Waals surface area contributed by atoms with Gasteiger partial charge in [0.2, 0.25) is 0 Å². The molecule has 6 heteroatoms. The molecule has 1 amide bonds. The third-order valence-electron chi connectivity index (χ3n) is 5.96. The maximum absolute atomic E-state index is 14.0. The summed E-state index contributed by atoms with van der Waals surface area (Å²) in [6.07, 6.45) is 0. The van der Waals surface area contributed by atoms with Crippen LogP contribution in [0.4, 0.5) is 10.1 Å². The van der Waals surface area contributed by atoms with Gasteiger partial charge in [-0.25, -0.2) is 9.18 Å². The highest BCUT2D eigenvalue weighted by molar-refractivity contribution is 6.39. The summed E-state index contributed by atoms with van der Waals surface area (Å²) >= 11 is 6.12. The third kappa shape index (κ3) is 4.22. The van der Waals surface area contributed by atoms with Crippen molar-refractivity contribution in [3.63, 3.8) is 0 Å². The minimum atomic E-state index is -1.03. The van der Waals surface area contributed by atoms with E-state index in [1.54, 1.807) is 29.2 Å². The van der Waals surface area contributed by atoms with E-state index in [-0.39, 0.29) is 23.0 Å². The summed E-state index contributed by atoms with van der Waals surface area (Å²) in [6.45, 7) is 0.201. The lowest BCUT2D eigenvalue weighted by molar-refractivity contribution is -0.113. The number of para-hydroxylation sites is 1. The number of rotatable bonds is 5. The lowest BCUT2D eigenvalue weighted by Crippen LogP contribution is -2.26. The summed E-state index contributed by atoms with van der Waals surface area (Å²) in [5, 5.41) is 9.33. The van der Waals surface area contributed by atoms with Crippen molar-refractivity contribution in [1.29, 1.82) is 0 Å². The van der Waals surface area contributed by atoms with Crippen molar-refractivity contribution in [2.75, 3.05) is 4.90 Å². The standard InChI is InChI=1S/C29H19ClFNO3/c30-23-16-20(13-14-24(23)31)26(19-8-2-1-3-9-19)27-22-11-4-5-12-25(22)32(28(27)33)17-18-7-6-10-21(15-18)29(34)35/h1-16H,17H2,(H,34,35)/b27-26+. The van der Waals surface area contributed by atoms with Crippen LogP contribution in [0.3, 0.4) is 0 Å². The van der Waals surface area contributed by atoms with Crippen LogP contribution < -0.4 is 4.90 Å². The molecule has 0 fully saturated rings. The second kappa shape index (κ2) is 9.20. The van der Waals surface area contributed by atoms with Gasteiger partial charge in [-0.1, -0.05) is 78.3 Å². The number of hydrogen-bond donors (Lipinski definition) is 1. The Morgan fingerprint density at radius 3 is 2.29 bits per heavy atom. The molecule has 4 aromatic rings. The van der Waals surface area contributed by atoms with Crippen molar-refractivity contribution >= 4 is 40.3 Å². The van der Waals surface area contributed by atoms with E-state index in [1.165, 1.54) is 18.2 Å². The molecule has 1 aliphatic rings. The molecule has 0 aliphatic carbocycles. The molecule has 35 heavy (non-hydrogen) atoms. The summed E-state index contributed by atoms with van der Waals surface area (Å²) in [5.41, 5.74) is 4.85. The number of aromatic carboxylic acids is 1. The number of hydrogen-bond acceptors (Lipinski definition) is 2. The predicted molar refractivity (Wildman–Crippen MR) is 135 cm³/mol. The summed E-state index contributed by atoms with van der Waals surface area (Å²) in [7, 11) is 0. The molecular formula is C29H19ClFNO3. The Balaban J connectivity index is 1.70. The summed E-state index contributed by atoms with van der Waals surface area (Å²) in [6, 6.07) is 27.9. The second-order valence-corrected chi connectivity index (χ2v) is 8.57. The molecule has 0 saturated heterocycles. The number of nitrogens with zero attached hydrogens (tertiary/aromatic N) is 1. The van der Waals surface area contributed by atoms with Gasteiger partial charge >= 0.3 is 5.97 Å². The number of carboxylic acid groups (broad SMARTS) is 1. The normalized spacial score (nSPS) is 14.1. The average Bonchev–Trinajstić information content (AvgIpc) is 3.14. The monoisotopic (exact) mass is 483 g/mol. The molecule has 0 bridgehead atoms. The van der Waals surface area contributed by atoms with Gasteiger partial charge in [0.25, 0.3) is 5.91 Å². The summed E-state index contributed by atoms with van der Waals surface area (Å²) in [4.78, 5) is 27.0. The minimum Gasteiger partial charge on any atom is -0.478 e. The van der Waals surface area contributed by atoms with Gasteiger partial charge in [-0.05, 0) is 47.0 Å². The smallest absolute Gasteiger partial charge is 0.335 e. The predicted octanol–water partition coefficient (Wildman–Crippen LogP) is 6.68. The van der Waals surface area contributed by atoms with Crippen LogP contribution in [0.5, 0.6) is 0 Å². The van der Waals surface area contributed by atoms with Crippen LogP contribution in [0, 0.1) is 5.82 Å². The first kappa shape index (κ1) is 22.6. The molecule has 0 atom stereocenters. The van der Waals surface area contributed by atoms with E-state index < -0.39 is 11.8 Å². The number of anilines is 1. The van der Waals surface area contributed by atoms with E-state index in [1.807, 2.05) is 54.6 Å². The van der Waals surface area contributed by atoms with Gasteiger partial charge in [-0.2, -0.15) is 0 Å². The molecule has 0 aromatic heterocycles. The van der Waals surface area contributed by atoms with E-state index >= 15 is 0 Å². The van der Waals surface area contributed by atoms with Crippen LogP contribution >= 0.6 is 11.6 Å². The molecule has 0 saturated carbocycles. The van der Waals surface area contributed by atoms with Crippen LogP contribution in [-0.4, -0.2) is 17.0 Å². The maximum Gasteiger partial charge on any atom is 0.335 e. The van der Waals surface area contributed by atoms with Gasteiger partial charge in [-0.3, -0.25) is 4.79 Å². The van der Waals surface area contributed by atoms with Gasteiger partial charge in [0.1, 0.15) is 5.82 Å². The molecule has 0 spiro atoms. The first-order valence-corrected chi connectivity index (χ1v) is 11.3. The molecule has 1 aliphatic heterocycles. The van der Waals surface area contributed by atoms with E-state index in [4.69, 9.17) is 11.6 Å². The fourth-order valence-electron chi connectivity index (χ4n) is 4.38. The molecule has 172 valence electrons. The quantitative estimate of drug-likeness (QED) is 0.322. The zero-order valence-electron chi connectivity index (χ0n) is 18.4. The van der Waals surface area contributed by atoms with Crippen molar-refractivity contribution in [2.45, 2.75) is 6.54 Å². The van der Waals surface area contributed by atoms with Crippen molar-refractivity contribution in [1.82, 2.24) is 0 Å². The van der Waals surface area contributed by atoms with Gasteiger partial charge in [0.05, 0.1) is 28.4 Å². The van der Waals surface area contributed by atoms with Crippen molar-refractivity contribution in [2.24, 2.45) is 0 Å². The zero-order valence-corrected chi connectivity index (χ0v) is 19.2. The summed E-state index contributed by atoms with van der Waals surface area (Å²) < 4.78 is 14.0. The SMILES string of the molecule is O=C(O)c1cccc(CN2C(=O)/C(=C(\c3ccccc3)c3ccc(F)c(Cl)c3)c3ccccc32)c1. The highest BCUT2D eigenvalue weighted by Gasteiger charge is 2.35. The molecule has 1 N–H and O–H groups in total. The van der Waals surface area contributed by atoms with Crippen LogP contribution in [0.15, 0.2) is 97.1 Å². The number of halogens is 2. The molecule has 0 radical (unpaired) electrons. The zero-order chi connectivity index (χ0) is 24.5. The maximum atomic E-state index is 14.0. The van der Waals surface area contributed by atoms with Crippen LogP contribution in [0.25, 0.3) is 11.1 Å². The Morgan fingerprint density at radius 1 is 0.829 bits per heavy atom. The van der Waals surface area contributed by atoms with Crippen LogP contribution in [-0.2, 0) is 11.3 Å². The molecule has 1 heterocycles. The molecule has 0 unspecified atom stereocenters. The fourth-order valence-corrected chi connectivity index (χ4v) is 4.56. The average molecular weight is 484 g/mol.